The van der Waals surface area contributed by atoms with Crippen LogP contribution < -0.4 is 5.73 Å². The summed E-state index contributed by atoms with van der Waals surface area (Å²) in [5, 5.41) is 0. The van der Waals surface area contributed by atoms with Gasteiger partial charge < -0.3 is 5.73 Å². The maximum absolute atomic E-state index is 12.5. The molecule has 0 saturated carbocycles. The Morgan fingerprint density at radius 1 is 1.06 bits per heavy atom. The lowest BCUT2D eigenvalue weighted by Gasteiger charge is -2.39. The minimum Gasteiger partial charge on any atom is -0.327 e. The molecular weight excluding hydrogens is 250 g/mol. The molecule has 2 rings (SSSR count). The average Bonchev–Trinajstić information content (AvgIpc) is 2.32. The maximum atomic E-state index is 12.5. The fraction of sp³-hybridized carbons (Fsp3) is 1.00. The van der Waals surface area contributed by atoms with Crippen LogP contribution in [0.2, 0.25) is 0 Å². The molecule has 2 heterocycles. The van der Waals surface area contributed by atoms with Crippen LogP contribution in [0, 0.1) is 11.8 Å². The lowest BCUT2D eigenvalue weighted by molar-refractivity contribution is 0.214. The van der Waals surface area contributed by atoms with Crippen molar-refractivity contribution >= 4 is 10.2 Å². The molecule has 2 aliphatic rings. The Morgan fingerprint density at radius 2 is 1.72 bits per heavy atom. The molecule has 0 aromatic heterocycles. The Kier molecular flexibility index (Phi) is 4.31. The molecule has 3 atom stereocenters. The zero-order valence-corrected chi connectivity index (χ0v) is 12.2. The van der Waals surface area contributed by atoms with Gasteiger partial charge in [0, 0.05) is 32.2 Å². The van der Waals surface area contributed by atoms with Crippen molar-refractivity contribution in [3.8, 4) is 0 Å². The van der Waals surface area contributed by atoms with E-state index >= 15 is 0 Å². The Balaban J connectivity index is 2.06. The van der Waals surface area contributed by atoms with Crippen molar-refractivity contribution in [3.05, 3.63) is 0 Å². The first-order valence-electron chi connectivity index (χ1n) is 6.92. The van der Waals surface area contributed by atoms with E-state index in [1.165, 1.54) is 0 Å². The van der Waals surface area contributed by atoms with Crippen LogP contribution in [0.3, 0.4) is 0 Å². The standard InChI is InChI=1S/C12H25N3O2S/c1-10-4-3-6-14(8-10)18(16,17)15-7-5-12(13)11(2)9-15/h10-12H,3-9,13H2,1-2H3. The molecule has 3 unspecified atom stereocenters. The lowest BCUT2D eigenvalue weighted by atomic mass is 9.96. The van der Waals surface area contributed by atoms with Crippen molar-refractivity contribution in [2.24, 2.45) is 17.6 Å². The predicted octanol–water partition coefficient (Wildman–Crippen LogP) is 0.632. The predicted molar refractivity (Wildman–Crippen MR) is 72.2 cm³/mol. The third-order valence-corrected chi connectivity index (χ3v) is 6.18. The van der Waals surface area contributed by atoms with Crippen molar-refractivity contribution in [3.63, 3.8) is 0 Å². The summed E-state index contributed by atoms with van der Waals surface area (Å²) in [6, 6.07) is 0.136. The molecule has 2 saturated heterocycles. The van der Waals surface area contributed by atoms with Gasteiger partial charge in [0.15, 0.2) is 0 Å². The van der Waals surface area contributed by atoms with Crippen molar-refractivity contribution in [1.82, 2.24) is 8.61 Å². The van der Waals surface area contributed by atoms with E-state index in [1.807, 2.05) is 6.92 Å². The molecular formula is C12H25N3O2S. The van der Waals surface area contributed by atoms with Crippen molar-refractivity contribution in [2.75, 3.05) is 26.2 Å². The van der Waals surface area contributed by atoms with E-state index in [4.69, 9.17) is 5.73 Å². The number of rotatable bonds is 2. The third-order valence-electron chi connectivity index (χ3n) is 4.21. The number of hydrogen-bond acceptors (Lipinski definition) is 3. The number of nitrogens with zero attached hydrogens (tertiary/aromatic N) is 2. The van der Waals surface area contributed by atoms with Crippen molar-refractivity contribution in [1.29, 1.82) is 0 Å². The summed E-state index contributed by atoms with van der Waals surface area (Å²) in [5.74, 6) is 0.716. The molecule has 0 aliphatic carbocycles. The van der Waals surface area contributed by atoms with E-state index in [-0.39, 0.29) is 12.0 Å². The molecule has 0 bridgehead atoms. The molecule has 6 heteroatoms. The summed E-state index contributed by atoms with van der Waals surface area (Å²) in [6.07, 6.45) is 2.88. The first-order valence-corrected chi connectivity index (χ1v) is 8.31. The maximum Gasteiger partial charge on any atom is 0.281 e. The topological polar surface area (TPSA) is 66.6 Å². The molecule has 2 N–H and O–H groups in total. The average molecular weight is 275 g/mol. The van der Waals surface area contributed by atoms with Gasteiger partial charge in [-0.25, -0.2) is 0 Å². The Morgan fingerprint density at radius 3 is 2.33 bits per heavy atom. The van der Waals surface area contributed by atoms with Gasteiger partial charge in [-0.2, -0.15) is 17.0 Å². The molecule has 0 aromatic rings. The minimum atomic E-state index is -3.26. The van der Waals surface area contributed by atoms with Gasteiger partial charge in [-0.05, 0) is 31.1 Å². The van der Waals surface area contributed by atoms with Gasteiger partial charge in [0.05, 0.1) is 0 Å². The number of nitrogens with two attached hydrogens (primary N) is 1. The van der Waals surface area contributed by atoms with Gasteiger partial charge in [0.2, 0.25) is 0 Å². The van der Waals surface area contributed by atoms with E-state index < -0.39 is 10.2 Å². The minimum absolute atomic E-state index is 0.136. The zero-order chi connectivity index (χ0) is 13.3. The van der Waals surface area contributed by atoms with Crippen LogP contribution in [-0.2, 0) is 10.2 Å². The van der Waals surface area contributed by atoms with Crippen LogP contribution in [-0.4, -0.2) is 49.2 Å². The van der Waals surface area contributed by atoms with Crippen LogP contribution in [0.4, 0.5) is 0 Å². The highest BCUT2D eigenvalue weighted by atomic mass is 32.2. The fourth-order valence-electron chi connectivity index (χ4n) is 2.85. The second-order valence-electron chi connectivity index (χ2n) is 5.90. The molecule has 0 radical (unpaired) electrons. The number of piperidine rings is 2. The second-order valence-corrected chi connectivity index (χ2v) is 7.83. The first-order chi connectivity index (χ1) is 8.41. The summed E-state index contributed by atoms with van der Waals surface area (Å²) in [6.45, 7) is 6.62. The number of hydrogen-bond donors (Lipinski definition) is 1. The summed E-state index contributed by atoms with van der Waals surface area (Å²) < 4.78 is 28.4. The van der Waals surface area contributed by atoms with E-state index in [9.17, 15) is 8.42 Å². The quantitative estimate of drug-likeness (QED) is 0.804. The molecule has 106 valence electrons. The monoisotopic (exact) mass is 275 g/mol. The van der Waals surface area contributed by atoms with E-state index in [2.05, 4.69) is 6.92 Å². The summed E-state index contributed by atoms with van der Waals surface area (Å²) in [5.41, 5.74) is 5.95. The smallest absolute Gasteiger partial charge is 0.281 e. The highest BCUT2D eigenvalue weighted by Crippen LogP contribution is 2.24. The van der Waals surface area contributed by atoms with Gasteiger partial charge in [0.25, 0.3) is 10.2 Å². The largest absolute Gasteiger partial charge is 0.327 e. The van der Waals surface area contributed by atoms with Gasteiger partial charge in [-0.3, -0.25) is 0 Å². The fourth-order valence-corrected chi connectivity index (χ4v) is 4.74. The molecule has 0 spiro atoms. The molecule has 2 fully saturated rings. The van der Waals surface area contributed by atoms with E-state index in [1.54, 1.807) is 8.61 Å². The summed E-state index contributed by atoms with van der Waals surface area (Å²) in [7, 11) is -3.26. The molecule has 18 heavy (non-hydrogen) atoms. The Hall–Kier alpha value is -0.170. The third kappa shape index (κ3) is 2.87. The Bertz CT molecular complexity index is 385. The van der Waals surface area contributed by atoms with Crippen LogP contribution in [0.1, 0.15) is 33.1 Å². The highest BCUT2D eigenvalue weighted by molar-refractivity contribution is 7.86. The van der Waals surface area contributed by atoms with Crippen LogP contribution in [0.25, 0.3) is 0 Å². The van der Waals surface area contributed by atoms with Crippen molar-refractivity contribution < 1.29 is 8.42 Å². The van der Waals surface area contributed by atoms with Crippen LogP contribution in [0.15, 0.2) is 0 Å². The van der Waals surface area contributed by atoms with Crippen LogP contribution >= 0.6 is 0 Å². The lowest BCUT2D eigenvalue weighted by Crippen LogP contribution is -2.54. The summed E-state index contributed by atoms with van der Waals surface area (Å²) in [4.78, 5) is 0. The Labute approximate surface area is 110 Å². The molecule has 0 amide bonds. The van der Waals surface area contributed by atoms with Gasteiger partial charge >= 0.3 is 0 Å². The van der Waals surface area contributed by atoms with E-state index in [0.717, 1.165) is 19.3 Å². The second kappa shape index (κ2) is 5.45. The molecule has 0 aromatic carbocycles. The van der Waals surface area contributed by atoms with Crippen LogP contribution in [0.5, 0.6) is 0 Å². The van der Waals surface area contributed by atoms with Gasteiger partial charge in [-0.1, -0.05) is 13.8 Å². The van der Waals surface area contributed by atoms with Crippen molar-refractivity contribution in [2.45, 2.75) is 39.2 Å². The first kappa shape index (κ1) is 14.2. The highest BCUT2D eigenvalue weighted by Gasteiger charge is 2.36. The summed E-state index contributed by atoms with van der Waals surface area (Å²) >= 11 is 0. The molecule has 5 nitrogen and oxygen atoms in total. The van der Waals surface area contributed by atoms with Gasteiger partial charge in [-0.15, -0.1) is 0 Å². The SMILES string of the molecule is CC1CCCN(S(=O)(=O)N2CCC(N)C(C)C2)C1. The zero-order valence-electron chi connectivity index (χ0n) is 11.4. The molecule has 2 aliphatic heterocycles. The normalized spacial score (nSPS) is 36.7. The van der Waals surface area contributed by atoms with Gasteiger partial charge in [0.1, 0.15) is 0 Å². The van der Waals surface area contributed by atoms with E-state index in [0.29, 0.717) is 32.1 Å².